The van der Waals surface area contributed by atoms with Gasteiger partial charge in [-0.1, -0.05) is 27.5 Å². The first-order valence-electron chi connectivity index (χ1n) is 4.81. The van der Waals surface area contributed by atoms with Gasteiger partial charge in [0.15, 0.2) is 0 Å². The molecular formula is C12H10BrClO2. The molecule has 0 amide bonds. The molecule has 1 aromatic heterocycles. The van der Waals surface area contributed by atoms with E-state index in [0.717, 1.165) is 10.0 Å². The van der Waals surface area contributed by atoms with Gasteiger partial charge < -0.3 is 9.52 Å². The number of benzene rings is 1. The van der Waals surface area contributed by atoms with Crippen molar-refractivity contribution in [1.82, 2.24) is 0 Å². The van der Waals surface area contributed by atoms with Crippen LogP contribution in [-0.4, -0.2) is 5.11 Å². The second-order valence-electron chi connectivity index (χ2n) is 3.50. The number of rotatable bonds is 2. The lowest BCUT2D eigenvalue weighted by Gasteiger charge is -2.02. The maximum Gasteiger partial charge on any atom is 0.135 e. The number of hydrogen-bond donors (Lipinski definition) is 1. The average molecular weight is 302 g/mol. The summed E-state index contributed by atoms with van der Waals surface area (Å²) in [7, 11) is 0. The molecule has 84 valence electrons. The molecule has 0 aliphatic carbocycles. The maximum atomic E-state index is 9.37. The second-order valence-corrected chi connectivity index (χ2v) is 4.83. The first kappa shape index (κ1) is 11.7. The van der Waals surface area contributed by atoms with E-state index in [1.807, 2.05) is 12.1 Å². The van der Waals surface area contributed by atoms with Crippen molar-refractivity contribution in [2.24, 2.45) is 0 Å². The third kappa shape index (κ3) is 2.32. The Labute approximate surface area is 107 Å². The zero-order valence-electron chi connectivity index (χ0n) is 8.58. The lowest BCUT2D eigenvalue weighted by molar-refractivity contribution is 0.170. The van der Waals surface area contributed by atoms with Crippen LogP contribution in [0.25, 0.3) is 11.3 Å². The van der Waals surface area contributed by atoms with Crippen molar-refractivity contribution in [3.8, 4) is 11.3 Å². The minimum atomic E-state index is -0.611. The van der Waals surface area contributed by atoms with Crippen LogP contribution in [0, 0.1) is 0 Å². The first-order valence-corrected chi connectivity index (χ1v) is 5.98. The van der Waals surface area contributed by atoms with Crippen molar-refractivity contribution in [1.29, 1.82) is 0 Å². The molecule has 1 unspecified atom stereocenters. The molecule has 2 nitrogen and oxygen atoms in total. The van der Waals surface area contributed by atoms with E-state index in [4.69, 9.17) is 16.0 Å². The van der Waals surface area contributed by atoms with Crippen LogP contribution in [0.1, 0.15) is 18.8 Å². The van der Waals surface area contributed by atoms with E-state index in [9.17, 15) is 5.11 Å². The van der Waals surface area contributed by atoms with E-state index >= 15 is 0 Å². The number of halogens is 2. The van der Waals surface area contributed by atoms with Crippen molar-refractivity contribution >= 4 is 27.5 Å². The summed E-state index contributed by atoms with van der Waals surface area (Å²) in [5.74, 6) is 1.19. The van der Waals surface area contributed by atoms with E-state index in [1.54, 1.807) is 25.1 Å². The average Bonchev–Trinajstić information content (AvgIpc) is 2.70. The number of aliphatic hydroxyl groups excluding tert-OH is 1. The molecule has 0 bridgehead atoms. The predicted molar refractivity (Wildman–Crippen MR) is 67.5 cm³/mol. The zero-order chi connectivity index (χ0) is 11.7. The molecule has 0 fully saturated rings. The SMILES string of the molecule is CC(O)c1ccc(-c2cc(Br)ccc2Cl)o1. The molecule has 1 N–H and O–H groups in total. The van der Waals surface area contributed by atoms with Crippen molar-refractivity contribution in [3.63, 3.8) is 0 Å². The van der Waals surface area contributed by atoms with E-state index < -0.39 is 6.10 Å². The molecule has 0 radical (unpaired) electrons. The molecule has 4 heteroatoms. The monoisotopic (exact) mass is 300 g/mol. The molecule has 2 rings (SSSR count). The summed E-state index contributed by atoms with van der Waals surface area (Å²) >= 11 is 9.46. The van der Waals surface area contributed by atoms with E-state index in [1.165, 1.54) is 0 Å². The maximum absolute atomic E-state index is 9.37. The summed E-state index contributed by atoms with van der Waals surface area (Å²) in [5.41, 5.74) is 0.808. The Hall–Kier alpha value is -0.770. The van der Waals surface area contributed by atoms with Gasteiger partial charge >= 0.3 is 0 Å². The highest BCUT2D eigenvalue weighted by atomic mass is 79.9. The minimum absolute atomic E-state index is 0.533. The van der Waals surface area contributed by atoms with Gasteiger partial charge in [-0.2, -0.15) is 0 Å². The van der Waals surface area contributed by atoms with Crippen LogP contribution in [0.15, 0.2) is 39.2 Å². The summed E-state index contributed by atoms with van der Waals surface area (Å²) in [6.07, 6.45) is -0.611. The van der Waals surface area contributed by atoms with Gasteiger partial charge in [0, 0.05) is 10.0 Å². The van der Waals surface area contributed by atoms with Gasteiger partial charge in [-0.3, -0.25) is 0 Å². The van der Waals surface area contributed by atoms with Crippen molar-refractivity contribution in [3.05, 3.63) is 45.6 Å². The molecule has 1 heterocycles. The van der Waals surface area contributed by atoms with Gasteiger partial charge in [-0.05, 0) is 37.3 Å². The molecule has 16 heavy (non-hydrogen) atoms. The smallest absolute Gasteiger partial charge is 0.135 e. The van der Waals surface area contributed by atoms with Gasteiger partial charge in [-0.15, -0.1) is 0 Å². The van der Waals surface area contributed by atoms with Gasteiger partial charge in [0.2, 0.25) is 0 Å². The fourth-order valence-corrected chi connectivity index (χ4v) is 1.98. The minimum Gasteiger partial charge on any atom is -0.458 e. The van der Waals surface area contributed by atoms with Gasteiger partial charge in [-0.25, -0.2) is 0 Å². The lowest BCUT2D eigenvalue weighted by Crippen LogP contribution is -1.85. The Morgan fingerprint density at radius 1 is 1.31 bits per heavy atom. The van der Waals surface area contributed by atoms with E-state index in [2.05, 4.69) is 15.9 Å². The van der Waals surface area contributed by atoms with Crippen LogP contribution >= 0.6 is 27.5 Å². The molecular weight excluding hydrogens is 291 g/mol. The van der Waals surface area contributed by atoms with Crippen LogP contribution in [0.4, 0.5) is 0 Å². The Morgan fingerprint density at radius 2 is 2.06 bits per heavy atom. The van der Waals surface area contributed by atoms with Gasteiger partial charge in [0.05, 0.1) is 5.02 Å². The Kier molecular flexibility index (Phi) is 3.38. The number of furan rings is 1. The Morgan fingerprint density at radius 3 is 2.69 bits per heavy atom. The lowest BCUT2D eigenvalue weighted by atomic mass is 10.2. The largest absolute Gasteiger partial charge is 0.458 e. The summed E-state index contributed by atoms with van der Waals surface area (Å²) in [5, 5.41) is 9.99. The van der Waals surface area contributed by atoms with Crippen LogP contribution in [-0.2, 0) is 0 Å². The van der Waals surface area contributed by atoms with Gasteiger partial charge in [0.1, 0.15) is 17.6 Å². The second kappa shape index (κ2) is 4.62. The molecule has 0 saturated carbocycles. The summed E-state index contributed by atoms with van der Waals surface area (Å²) in [6.45, 7) is 1.66. The third-order valence-corrected chi connectivity index (χ3v) is 3.06. The highest BCUT2D eigenvalue weighted by molar-refractivity contribution is 9.10. The Bertz CT molecular complexity index is 505. The molecule has 0 saturated heterocycles. The summed E-state index contributed by atoms with van der Waals surface area (Å²) in [4.78, 5) is 0. The van der Waals surface area contributed by atoms with E-state index in [-0.39, 0.29) is 0 Å². The highest BCUT2D eigenvalue weighted by Crippen LogP contribution is 2.32. The number of aliphatic hydroxyl groups is 1. The standard InChI is InChI=1S/C12H10BrClO2/c1-7(15)11-4-5-12(16-11)9-6-8(13)2-3-10(9)14/h2-7,15H,1H3. The quantitative estimate of drug-likeness (QED) is 0.891. The Balaban J connectivity index is 2.46. The van der Waals surface area contributed by atoms with E-state index in [0.29, 0.717) is 16.5 Å². The molecule has 2 aromatic rings. The van der Waals surface area contributed by atoms with Crippen molar-refractivity contribution in [2.75, 3.05) is 0 Å². The van der Waals surface area contributed by atoms with Crippen LogP contribution in [0.5, 0.6) is 0 Å². The summed E-state index contributed by atoms with van der Waals surface area (Å²) < 4.78 is 6.44. The fraction of sp³-hybridized carbons (Fsp3) is 0.167. The first-order chi connectivity index (χ1) is 7.58. The van der Waals surface area contributed by atoms with Crippen molar-refractivity contribution in [2.45, 2.75) is 13.0 Å². The topological polar surface area (TPSA) is 33.4 Å². The van der Waals surface area contributed by atoms with Gasteiger partial charge in [0.25, 0.3) is 0 Å². The fourth-order valence-electron chi connectivity index (χ4n) is 1.41. The molecule has 1 atom stereocenters. The highest BCUT2D eigenvalue weighted by Gasteiger charge is 2.11. The van der Waals surface area contributed by atoms with Crippen LogP contribution < -0.4 is 0 Å². The molecule has 0 aliphatic rings. The molecule has 0 aliphatic heterocycles. The van der Waals surface area contributed by atoms with Crippen molar-refractivity contribution < 1.29 is 9.52 Å². The molecule has 0 spiro atoms. The normalized spacial score (nSPS) is 12.8. The summed E-state index contributed by atoms with van der Waals surface area (Å²) in [6, 6.07) is 9.09. The molecule has 1 aromatic carbocycles. The predicted octanol–water partition coefficient (Wildman–Crippen LogP) is 4.42. The zero-order valence-corrected chi connectivity index (χ0v) is 10.9. The van der Waals surface area contributed by atoms with Crippen LogP contribution in [0.2, 0.25) is 5.02 Å². The third-order valence-electron chi connectivity index (χ3n) is 2.23. The van der Waals surface area contributed by atoms with Crippen LogP contribution in [0.3, 0.4) is 0 Å². The number of hydrogen-bond acceptors (Lipinski definition) is 2.